The zero-order valence-corrected chi connectivity index (χ0v) is 11.0. The lowest BCUT2D eigenvalue weighted by molar-refractivity contribution is 0.396. The molecule has 1 heterocycles. The van der Waals surface area contributed by atoms with Gasteiger partial charge >= 0.3 is 0 Å². The summed E-state index contributed by atoms with van der Waals surface area (Å²) in [6.07, 6.45) is 2.48. The maximum atomic E-state index is 5.16. The van der Waals surface area contributed by atoms with E-state index in [2.05, 4.69) is 29.1 Å². The van der Waals surface area contributed by atoms with Crippen molar-refractivity contribution in [2.45, 2.75) is 39.7 Å². The lowest BCUT2D eigenvalue weighted by atomic mass is 9.98. The first-order valence-electron chi connectivity index (χ1n) is 6.26. The minimum Gasteiger partial charge on any atom is -0.481 e. The van der Waals surface area contributed by atoms with E-state index in [9.17, 15) is 0 Å². The molecule has 4 nitrogen and oxygen atoms in total. The molecule has 1 fully saturated rings. The predicted octanol–water partition coefficient (Wildman–Crippen LogP) is 2.64. The van der Waals surface area contributed by atoms with Gasteiger partial charge in [-0.15, -0.1) is 0 Å². The van der Waals surface area contributed by atoms with Crippen LogP contribution in [0.25, 0.3) is 0 Å². The zero-order valence-electron chi connectivity index (χ0n) is 11.0. The van der Waals surface area contributed by atoms with Gasteiger partial charge in [0.1, 0.15) is 0 Å². The summed E-state index contributed by atoms with van der Waals surface area (Å²) in [6, 6.07) is 2.32. The van der Waals surface area contributed by atoms with Gasteiger partial charge in [0.25, 0.3) is 0 Å². The fraction of sp³-hybridized carbons (Fsp3) is 0.692. The summed E-state index contributed by atoms with van der Waals surface area (Å²) in [4.78, 5) is 8.73. The van der Waals surface area contributed by atoms with E-state index < -0.39 is 0 Å². The van der Waals surface area contributed by atoms with E-state index in [1.54, 1.807) is 7.11 Å². The van der Waals surface area contributed by atoms with Crippen LogP contribution in [0, 0.1) is 18.8 Å². The van der Waals surface area contributed by atoms with Gasteiger partial charge in [-0.1, -0.05) is 13.8 Å². The van der Waals surface area contributed by atoms with Crippen molar-refractivity contribution in [3.05, 3.63) is 11.8 Å². The summed E-state index contributed by atoms with van der Waals surface area (Å²) in [7, 11) is 1.63. The van der Waals surface area contributed by atoms with Crippen molar-refractivity contribution in [3.63, 3.8) is 0 Å². The minimum atomic E-state index is 0.483. The second-order valence-electron chi connectivity index (χ2n) is 5.04. The summed E-state index contributed by atoms with van der Waals surface area (Å²) in [5.41, 5.74) is 0.929. The first-order valence-corrected chi connectivity index (χ1v) is 6.26. The highest BCUT2D eigenvalue weighted by atomic mass is 16.5. The van der Waals surface area contributed by atoms with Crippen LogP contribution in [-0.2, 0) is 0 Å². The normalized spacial score (nSPS) is 28.1. The first-order chi connectivity index (χ1) is 8.10. The molecule has 0 aromatic carbocycles. The number of nitrogens with one attached hydrogen (secondary N) is 1. The van der Waals surface area contributed by atoms with Crippen molar-refractivity contribution in [3.8, 4) is 5.88 Å². The van der Waals surface area contributed by atoms with Crippen molar-refractivity contribution in [2.75, 3.05) is 12.4 Å². The van der Waals surface area contributed by atoms with Crippen molar-refractivity contribution in [1.29, 1.82) is 0 Å². The van der Waals surface area contributed by atoms with Gasteiger partial charge < -0.3 is 10.1 Å². The number of nitrogens with zero attached hydrogens (tertiary/aromatic N) is 2. The molecular weight excluding hydrogens is 214 g/mol. The number of aryl methyl sites for hydroxylation is 1. The Morgan fingerprint density at radius 1 is 1.29 bits per heavy atom. The molecule has 3 unspecified atom stereocenters. The summed E-state index contributed by atoms with van der Waals surface area (Å²) < 4.78 is 5.16. The number of aromatic nitrogens is 2. The lowest BCUT2D eigenvalue weighted by Crippen LogP contribution is -2.25. The third-order valence-corrected chi connectivity index (χ3v) is 3.82. The fourth-order valence-electron chi connectivity index (χ4n) is 2.44. The average molecular weight is 235 g/mol. The summed E-state index contributed by atoms with van der Waals surface area (Å²) in [6.45, 7) is 6.56. The van der Waals surface area contributed by atoms with Crippen LogP contribution in [0.15, 0.2) is 6.07 Å². The van der Waals surface area contributed by atoms with Crippen LogP contribution < -0.4 is 10.1 Å². The molecule has 17 heavy (non-hydrogen) atoms. The van der Waals surface area contributed by atoms with Crippen LogP contribution in [0.3, 0.4) is 0 Å². The molecule has 94 valence electrons. The minimum absolute atomic E-state index is 0.483. The molecule has 0 bridgehead atoms. The number of anilines is 1. The van der Waals surface area contributed by atoms with E-state index >= 15 is 0 Å². The predicted molar refractivity (Wildman–Crippen MR) is 68.3 cm³/mol. The molecule has 1 aliphatic carbocycles. The highest BCUT2D eigenvalue weighted by Crippen LogP contribution is 2.32. The van der Waals surface area contributed by atoms with E-state index in [-0.39, 0.29) is 0 Å². The largest absolute Gasteiger partial charge is 0.481 e. The van der Waals surface area contributed by atoms with Gasteiger partial charge in [0.05, 0.1) is 7.11 Å². The second kappa shape index (κ2) is 4.90. The monoisotopic (exact) mass is 235 g/mol. The van der Waals surface area contributed by atoms with Gasteiger partial charge in [0.2, 0.25) is 11.8 Å². The molecule has 0 aliphatic heterocycles. The Kier molecular flexibility index (Phi) is 3.50. The van der Waals surface area contributed by atoms with Crippen molar-refractivity contribution in [1.82, 2.24) is 9.97 Å². The molecule has 1 saturated carbocycles. The Hall–Kier alpha value is -1.32. The molecule has 1 aromatic heterocycles. The Balaban J connectivity index is 2.10. The average Bonchev–Trinajstić information content (AvgIpc) is 2.60. The number of ether oxygens (including phenoxy) is 1. The van der Waals surface area contributed by atoms with Gasteiger partial charge in [0, 0.05) is 17.8 Å². The van der Waals surface area contributed by atoms with Crippen LogP contribution in [0.1, 0.15) is 32.4 Å². The number of hydrogen-bond donors (Lipinski definition) is 1. The number of methoxy groups -OCH3 is 1. The zero-order chi connectivity index (χ0) is 12.4. The maximum absolute atomic E-state index is 5.16. The lowest BCUT2D eigenvalue weighted by Gasteiger charge is -2.19. The first kappa shape index (κ1) is 12.1. The van der Waals surface area contributed by atoms with E-state index in [1.807, 2.05) is 13.0 Å². The number of rotatable bonds is 3. The van der Waals surface area contributed by atoms with Crippen molar-refractivity contribution >= 4 is 5.95 Å². The molecular formula is C13H21N3O. The van der Waals surface area contributed by atoms with E-state index in [0.29, 0.717) is 23.8 Å². The molecule has 1 N–H and O–H groups in total. The van der Waals surface area contributed by atoms with Gasteiger partial charge in [-0.2, -0.15) is 4.98 Å². The molecule has 0 spiro atoms. The summed E-state index contributed by atoms with van der Waals surface area (Å²) >= 11 is 0. The summed E-state index contributed by atoms with van der Waals surface area (Å²) in [5, 5.41) is 3.43. The topological polar surface area (TPSA) is 47.0 Å². The van der Waals surface area contributed by atoms with Crippen molar-refractivity contribution < 1.29 is 4.74 Å². The molecule has 3 atom stereocenters. The van der Waals surface area contributed by atoms with Gasteiger partial charge in [-0.05, 0) is 31.6 Å². The van der Waals surface area contributed by atoms with Crippen LogP contribution in [0.2, 0.25) is 0 Å². The standard InChI is InChI=1S/C13H21N3O/c1-8-5-6-11(10(8)3)15-13-14-9(2)7-12(16-13)17-4/h7-8,10-11H,5-6H2,1-4H3,(H,14,15,16). The molecule has 2 rings (SSSR count). The SMILES string of the molecule is COc1cc(C)nc(NC2CCC(C)C2C)n1. The van der Waals surface area contributed by atoms with Crippen LogP contribution in [0.5, 0.6) is 5.88 Å². The van der Waals surface area contributed by atoms with Gasteiger partial charge in [-0.25, -0.2) is 4.98 Å². The van der Waals surface area contributed by atoms with Crippen LogP contribution in [-0.4, -0.2) is 23.1 Å². The van der Waals surface area contributed by atoms with Gasteiger partial charge in [0.15, 0.2) is 0 Å². The fourth-order valence-corrected chi connectivity index (χ4v) is 2.44. The number of hydrogen-bond acceptors (Lipinski definition) is 4. The van der Waals surface area contributed by atoms with E-state index in [4.69, 9.17) is 4.74 Å². The smallest absolute Gasteiger partial charge is 0.226 e. The van der Waals surface area contributed by atoms with Crippen molar-refractivity contribution in [2.24, 2.45) is 11.8 Å². The Morgan fingerprint density at radius 3 is 2.65 bits per heavy atom. The Labute approximate surface area is 103 Å². The van der Waals surface area contributed by atoms with Gasteiger partial charge in [-0.3, -0.25) is 0 Å². The summed E-state index contributed by atoms with van der Waals surface area (Å²) in [5.74, 6) is 2.76. The molecule has 0 saturated heterocycles. The molecule has 1 aliphatic rings. The molecule has 4 heteroatoms. The van der Waals surface area contributed by atoms with E-state index in [1.165, 1.54) is 12.8 Å². The van der Waals surface area contributed by atoms with E-state index in [0.717, 1.165) is 11.6 Å². The van der Waals surface area contributed by atoms with Crippen LogP contribution in [0.4, 0.5) is 5.95 Å². The molecule has 0 amide bonds. The van der Waals surface area contributed by atoms with Crippen LogP contribution >= 0.6 is 0 Å². The maximum Gasteiger partial charge on any atom is 0.226 e. The third kappa shape index (κ3) is 2.68. The Morgan fingerprint density at radius 2 is 2.06 bits per heavy atom. The molecule has 1 aromatic rings. The third-order valence-electron chi connectivity index (χ3n) is 3.82. The highest BCUT2D eigenvalue weighted by Gasteiger charge is 2.30. The highest BCUT2D eigenvalue weighted by molar-refractivity contribution is 5.32. The molecule has 0 radical (unpaired) electrons. The quantitative estimate of drug-likeness (QED) is 0.875. The second-order valence-corrected chi connectivity index (χ2v) is 5.04. The Bertz CT molecular complexity index is 394.